The van der Waals surface area contributed by atoms with Crippen molar-refractivity contribution in [3.8, 4) is 0 Å². The van der Waals surface area contributed by atoms with E-state index in [1.54, 1.807) is 23.1 Å². The molecule has 3 nitrogen and oxygen atoms in total. The number of rotatable bonds is 3. The number of hydrogen-bond acceptors (Lipinski definition) is 2. The summed E-state index contributed by atoms with van der Waals surface area (Å²) in [6.45, 7) is 1.98. The van der Waals surface area contributed by atoms with Crippen LogP contribution in [0.15, 0.2) is 88.0 Å². The quantitative estimate of drug-likeness (QED) is 0.484. The minimum atomic E-state index is -0.319. The molecule has 138 valence electrons. The average molecular weight is 435 g/mol. The second-order valence-corrected chi connectivity index (χ2v) is 7.42. The molecule has 1 aliphatic rings. The number of aliphatic imine (C=N–C) groups is 1. The normalized spacial score (nSPS) is 15.2. The van der Waals surface area contributed by atoms with Crippen LogP contribution in [0.5, 0.6) is 0 Å². The van der Waals surface area contributed by atoms with Crippen LogP contribution in [0.4, 0.5) is 10.1 Å². The summed E-state index contributed by atoms with van der Waals surface area (Å²) in [4.78, 5) is 19.4. The second kappa shape index (κ2) is 7.52. The van der Waals surface area contributed by atoms with Gasteiger partial charge >= 0.3 is 0 Å². The van der Waals surface area contributed by atoms with Crippen molar-refractivity contribution in [3.63, 3.8) is 0 Å². The number of anilines is 1. The van der Waals surface area contributed by atoms with Crippen molar-refractivity contribution in [1.82, 2.24) is 0 Å². The highest BCUT2D eigenvalue weighted by atomic mass is 79.9. The van der Waals surface area contributed by atoms with Gasteiger partial charge in [-0.1, -0.05) is 52.3 Å². The zero-order valence-corrected chi connectivity index (χ0v) is 16.7. The van der Waals surface area contributed by atoms with E-state index in [1.165, 1.54) is 12.1 Å². The summed E-state index contributed by atoms with van der Waals surface area (Å²) in [5.41, 5.74) is 3.67. The number of benzene rings is 3. The molecule has 0 aromatic heterocycles. The molecule has 1 heterocycles. The van der Waals surface area contributed by atoms with Crippen molar-refractivity contribution in [2.45, 2.75) is 6.92 Å². The number of amides is 1. The van der Waals surface area contributed by atoms with Gasteiger partial charge in [-0.3, -0.25) is 9.69 Å². The minimum Gasteiger partial charge on any atom is -0.266 e. The Balaban J connectivity index is 1.82. The highest BCUT2D eigenvalue weighted by Crippen LogP contribution is 2.29. The Labute approximate surface area is 171 Å². The molecule has 0 aliphatic carbocycles. The Bertz CT molecular complexity index is 1100. The molecule has 3 aromatic rings. The second-order valence-electron chi connectivity index (χ2n) is 6.50. The van der Waals surface area contributed by atoms with Crippen LogP contribution in [-0.2, 0) is 4.79 Å². The van der Waals surface area contributed by atoms with E-state index < -0.39 is 0 Å². The van der Waals surface area contributed by atoms with Crippen molar-refractivity contribution in [2.24, 2.45) is 4.99 Å². The first-order valence-electron chi connectivity index (χ1n) is 8.74. The molecule has 0 saturated heterocycles. The van der Waals surface area contributed by atoms with E-state index in [9.17, 15) is 9.18 Å². The molecule has 0 atom stereocenters. The lowest BCUT2D eigenvalue weighted by Crippen LogP contribution is -2.32. The van der Waals surface area contributed by atoms with Crippen LogP contribution in [0.25, 0.3) is 6.08 Å². The molecular weight excluding hydrogens is 419 g/mol. The summed E-state index contributed by atoms with van der Waals surface area (Å²) < 4.78 is 14.1. The van der Waals surface area contributed by atoms with Crippen molar-refractivity contribution in [1.29, 1.82) is 0 Å². The largest absolute Gasteiger partial charge is 0.282 e. The molecule has 0 bridgehead atoms. The Kier molecular flexibility index (Phi) is 4.92. The van der Waals surface area contributed by atoms with E-state index in [1.807, 2.05) is 55.5 Å². The fourth-order valence-corrected chi connectivity index (χ4v) is 3.30. The van der Waals surface area contributed by atoms with E-state index in [4.69, 9.17) is 0 Å². The van der Waals surface area contributed by atoms with E-state index in [-0.39, 0.29) is 11.7 Å². The summed E-state index contributed by atoms with van der Waals surface area (Å²) in [6, 6.07) is 21.4. The molecule has 5 heteroatoms. The van der Waals surface area contributed by atoms with Gasteiger partial charge in [0.15, 0.2) is 0 Å². The first-order chi connectivity index (χ1) is 13.5. The summed E-state index contributed by atoms with van der Waals surface area (Å²) in [6.07, 6.45) is 1.68. The van der Waals surface area contributed by atoms with Crippen LogP contribution in [0.1, 0.15) is 16.7 Å². The number of amidine groups is 1. The predicted molar refractivity (Wildman–Crippen MR) is 114 cm³/mol. The smallest absolute Gasteiger partial charge is 0.266 e. The predicted octanol–water partition coefficient (Wildman–Crippen LogP) is 5.73. The lowest BCUT2D eigenvalue weighted by molar-refractivity contribution is -0.113. The van der Waals surface area contributed by atoms with E-state index >= 15 is 0 Å². The number of halogens is 2. The van der Waals surface area contributed by atoms with Crippen molar-refractivity contribution in [3.05, 3.63) is 105 Å². The zero-order chi connectivity index (χ0) is 19.7. The molecule has 4 rings (SSSR count). The van der Waals surface area contributed by atoms with E-state index in [2.05, 4.69) is 20.9 Å². The van der Waals surface area contributed by atoms with Gasteiger partial charge in [0.1, 0.15) is 17.3 Å². The lowest BCUT2D eigenvalue weighted by atomic mass is 10.1. The maximum absolute atomic E-state index is 13.2. The topological polar surface area (TPSA) is 32.7 Å². The molecule has 0 saturated carbocycles. The van der Waals surface area contributed by atoms with Crippen LogP contribution in [0, 0.1) is 12.7 Å². The Morgan fingerprint density at radius 1 is 1.00 bits per heavy atom. The van der Waals surface area contributed by atoms with Crippen molar-refractivity contribution in [2.75, 3.05) is 4.90 Å². The van der Waals surface area contributed by atoms with Gasteiger partial charge in [0.2, 0.25) is 0 Å². The van der Waals surface area contributed by atoms with Gasteiger partial charge < -0.3 is 0 Å². The van der Waals surface area contributed by atoms with E-state index in [0.29, 0.717) is 11.5 Å². The molecule has 0 N–H and O–H groups in total. The number of hydrogen-bond donors (Lipinski definition) is 0. The fraction of sp³-hybridized carbons (Fsp3) is 0.0435. The van der Waals surface area contributed by atoms with Crippen LogP contribution < -0.4 is 4.90 Å². The third-order valence-electron chi connectivity index (χ3n) is 4.40. The van der Waals surface area contributed by atoms with E-state index in [0.717, 1.165) is 26.9 Å². The van der Waals surface area contributed by atoms with Crippen LogP contribution >= 0.6 is 15.9 Å². The minimum absolute atomic E-state index is 0.215. The molecule has 3 aromatic carbocycles. The lowest BCUT2D eigenvalue weighted by Gasteiger charge is -2.19. The van der Waals surface area contributed by atoms with Crippen molar-refractivity contribution < 1.29 is 9.18 Å². The first kappa shape index (κ1) is 18.3. The van der Waals surface area contributed by atoms with Gasteiger partial charge in [-0.2, -0.15) is 0 Å². The monoisotopic (exact) mass is 434 g/mol. The molecular formula is C23H16BrFN2O. The van der Waals surface area contributed by atoms with Gasteiger partial charge in [-0.05, 0) is 60.5 Å². The summed E-state index contributed by atoms with van der Waals surface area (Å²) in [5, 5.41) is 0. The van der Waals surface area contributed by atoms with Gasteiger partial charge in [-0.25, -0.2) is 9.38 Å². The number of aryl methyl sites for hydroxylation is 1. The third-order valence-corrected chi connectivity index (χ3v) is 4.92. The maximum Gasteiger partial charge on any atom is 0.282 e. The number of carbonyl (C=O) groups is 1. The molecule has 1 aliphatic heterocycles. The van der Waals surface area contributed by atoms with Gasteiger partial charge in [0.05, 0.1) is 5.69 Å². The summed E-state index contributed by atoms with van der Waals surface area (Å²) >= 11 is 3.43. The Hall–Kier alpha value is -3.05. The molecule has 1 amide bonds. The standard InChI is InChI=1S/C23H16BrFN2O/c1-15-3-2-4-20(13-15)27-22(17-7-9-18(24)10-8-17)26-21(23(27)28)14-16-5-11-19(25)12-6-16/h2-14H,1H3/b21-14+. The Morgan fingerprint density at radius 3 is 2.39 bits per heavy atom. The number of nitrogens with zero attached hydrogens (tertiary/aromatic N) is 2. The third kappa shape index (κ3) is 3.66. The van der Waals surface area contributed by atoms with Gasteiger partial charge in [-0.15, -0.1) is 0 Å². The van der Waals surface area contributed by atoms with Crippen molar-refractivity contribution >= 4 is 39.4 Å². The zero-order valence-electron chi connectivity index (χ0n) is 15.1. The summed E-state index contributed by atoms with van der Waals surface area (Å²) in [7, 11) is 0. The highest BCUT2D eigenvalue weighted by Gasteiger charge is 2.32. The number of carbonyl (C=O) groups excluding carboxylic acids is 1. The summed E-state index contributed by atoms with van der Waals surface area (Å²) in [5.74, 6) is 0.0321. The van der Waals surface area contributed by atoms with Crippen LogP contribution in [-0.4, -0.2) is 11.7 Å². The Morgan fingerprint density at radius 2 is 1.71 bits per heavy atom. The average Bonchev–Trinajstić information content (AvgIpc) is 3.00. The van der Waals surface area contributed by atoms with Gasteiger partial charge in [0.25, 0.3) is 5.91 Å². The van der Waals surface area contributed by atoms with Crippen LogP contribution in [0.2, 0.25) is 0 Å². The van der Waals surface area contributed by atoms with Gasteiger partial charge in [0, 0.05) is 10.0 Å². The first-order valence-corrected chi connectivity index (χ1v) is 9.53. The van der Waals surface area contributed by atoms with Crippen LogP contribution in [0.3, 0.4) is 0 Å². The highest BCUT2D eigenvalue weighted by molar-refractivity contribution is 9.10. The fourth-order valence-electron chi connectivity index (χ4n) is 3.03. The maximum atomic E-state index is 13.2. The SMILES string of the molecule is Cc1cccc(N2C(=O)/C(=C\c3ccc(F)cc3)N=C2c2ccc(Br)cc2)c1. The molecule has 28 heavy (non-hydrogen) atoms. The molecule has 0 unspecified atom stereocenters. The molecule has 0 radical (unpaired) electrons. The molecule has 0 fully saturated rings. The molecule has 0 spiro atoms.